The molecule has 1 aromatic carbocycles. The lowest BCUT2D eigenvalue weighted by molar-refractivity contribution is 0.00680. The molecule has 0 aromatic heterocycles. The molecule has 0 spiro atoms. The van der Waals surface area contributed by atoms with Gasteiger partial charge in [0.15, 0.2) is 0 Å². The molecule has 8 heteroatoms. The van der Waals surface area contributed by atoms with E-state index in [-0.39, 0.29) is 17.9 Å². The third-order valence-corrected chi connectivity index (χ3v) is 4.02. The van der Waals surface area contributed by atoms with Crippen molar-refractivity contribution in [2.45, 2.75) is 18.3 Å². The van der Waals surface area contributed by atoms with Gasteiger partial charge in [-0.15, -0.1) is 0 Å². The highest BCUT2D eigenvalue weighted by Gasteiger charge is 2.22. The van der Waals surface area contributed by atoms with Crippen molar-refractivity contribution in [1.82, 2.24) is 4.72 Å². The van der Waals surface area contributed by atoms with Crippen LogP contribution in [0.25, 0.3) is 0 Å². The van der Waals surface area contributed by atoms with Gasteiger partial charge in [-0.05, 0) is 24.6 Å². The molecule has 0 radical (unpaired) electrons. The smallest absolute Gasteiger partial charge is 0.337 e. The van der Waals surface area contributed by atoms with Gasteiger partial charge < -0.3 is 14.9 Å². The topological polar surface area (TPSA) is 113 Å². The summed E-state index contributed by atoms with van der Waals surface area (Å²) in [7, 11) is -2.46. The number of esters is 1. The lowest BCUT2D eigenvalue weighted by Crippen LogP contribution is -2.43. The fourth-order valence-corrected chi connectivity index (χ4v) is 2.75. The van der Waals surface area contributed by atoms with E-state index >= 15 is 0 Å². The molecule has 1 aromatic rings. The first-order chi connectivity index (χ1) is 9.69. The second kappa shape index (κ2) is 6.99. The Hall–Kier alpha value is -1.48. The number of hydrogen-bond donors (Lipinski definition) is 3. The Kier molecular flexibility index (Phi) is 5.85. The van der Waals surface area contributed by atoms with Crippen molar-refractivity contribution in [2.24, 2.45) is 0 Å². The summed E-state index contributed by atoms with van der Waals surface area (Å²) in [5.74, 6) is -0.898. The van der Waals surface area contributed by atoms with E-state index < -0.39 is 28.2 Å². The molecule has 0 amide bonds. The third-order valence-electron chi connectivity index (χ3n) is 2.72. The number of nitrogens with one attached hydrogen (secondary N) is 1. The third kappa shape index (κ3) is 5.80. The summed E-state index contributed by atoms with van der Waals surface area (Å²) < 4.78 is 30.6. The summed E-state index contributed by atoms with van der Waals surface area (Å²) in [6.07, 6.45) is 0. The number of aliphatic hydroxyl groups is 2. The Morgan fingerprint density at radius 3 is 2.67 bits per heavy atom. The average molecular weight is 317 g/mol. The van der Waals surface area contributed by atoms with E-state index in [9.17, 15) is 18.3 Å². The monoisotopic (exact) mass is 317 g/mol. The molecule has 7 nitrogen and oxygen atoms in total. The van der Waals surface area contributed by atoms with Crippen molar-refractivity contribution in [2.75, 3.05) is 20.3 Å². The number of carbonyl (C=O) groups is 1. The minimum Gasteiger partial charge on any atom is -0.465 e. The van der Waals surface area contributed by atoms with Crippen molar-refractivity contribution in [3.05, 3.63) is 35.4 Å². The van der Waals surface area contributed by atoms with Crippen molar-refractivity contribution in [3.63, 3.8) is 0 Å². The van der Waals surface area contributed by atoms with Gasteiger partial charge >= 0.3 is 5.97 Å². The second-order valence-corrected chi connectivity index (χ2v) is 6.73. The molecular formula is C13H19NO6S. The lowest BCUT2D eigenvalue weighted by atomic mass is 10.1. The van der Waals surface area contributed by atoms with Gasteiger partial charge in [-0.3, -0.25) is 0 Å². The van der Waals surface area contributed by atoms with Crippen LogP contribution in [-0.4, -0.2) is 50.5 Å². The first kappa shape index (κ1) is 17.6. The number of benzene rings is 1. The molecule has 0 saturated heterocycles. The first-order valence-corrected chi connectivity index (χ1v) is 7.82. The molecule has 0 fully saturated rings. The zero-order chi connectivity index (χ0) is 16.1. The second-order valence-electron chi connectivity index (χ2n) is 4.93. The van der Waals surface area contributed by atoms with Gasteiger partial charge in [0, 0.05) is 6.54 Å². The highest BCUT2D eigenvalue weighted by molar-refractivity contribution is 7.88. The molecule has 1 rings (SSSR count). The standard InChI is InChI=1S/C13H19NO6S/c1-13(17,9-15)8-14-21(18,19)7-10-4-3-5-11(6-10)12(16)20-2/h3-6,14-15,17H,7-9H2,1-2H3. The van der Waals surface area contributed by atoms with Crippen LogP contribution < -0.4 is 4.72 Å². The number of sulfonamides is 1. The molecule has 0 aliphatic carbocycles. The minimum absolute atomic E-state index is 0.257. The molecular weight excluding hydrogens is 298 g/mol. The van der Waals surface area contributed by atoms with Crippen molar-refractivity contribution in [1.29, 1.82) is 0 Å². The SMILES string of the molecule is COC(=O)c1cccc(CS(=O)(=O)NCC(C)(O)CO)c1. The van der Waals surface area contributed by atoms with Crippen molar-refractivity contribution >= 4 is 16.0 Å². The summed E-state index contributed by atoms with van der Waals surface area (Å²) in [5, 5.41) is 18.4. The van der Waals surface area contributed by atoms with E-state index in [1.807, 2.05) is 0 Å². The fraction of sp³-hybridized carbons (Fsp3) is 0.462. The van der Waals surface area contributed by atoms with Gasteiger partial charge in [0.1, 0.15) is 0 Å². The summed E-state index contributed by atoms with van der Waals surface area (Å²) in [6, 6.07) is 6.07. The zero-order valence-corrected chi connectivity index (χ0v) is 12.7. The molecule has 21 heavy (non-hydrogen) atoms. The molecule has 0 aliphatic rings. The van der Waals surface area contributed by atoms with Crippen molar-refractivity contribution in [3.8, 4) is 0 Å². The number of ether oxygens (including phenoxy) is 1. The molecule has 3 N–H and O–H groups in total. The highest BCUT2D eigenvalue weighted by Crippen LogP contribution is 2.10. The number of methoxy groups -OCH3 is 1. The van der Waals surface area contributed by atoms with E-state index in [4.69, 9.17) is 5.11 Å². The zero-order valence-electron chi connectivity index (χ0n) is 11.9. The Bertz CT molecular complexity index is 596. The van der Waals surface area contributed by atoms with Crippen LogP contribution in [0.4, 0.5) is 0 Å². The van der Waals surface area contributed by atoms with Gasteiger partial charge in [0.2, 0.25) is 10.0 Å². The van der Waals surface area contributed by atoms with Gasteiger partial charge in [-0.2, -0.15) is 0 Å². The van der Waals surface area contributed by atoms with Crippen LogP contribution in [0.3, 0.4) is 0 Å². The van der Waals surface area contributed by atoms with Crippen LogP contribution in [0.15, 0.2) is 24.3 Å². The van der Waals surface area contributed by atoms with Crippen LogP contribution in [0.1, 0.15) is 22.8 Å². The molecule has 0 bridgehead atoms. The molecule has 0 aliphatic heterocycles. The van der Waals surface area contributed by atoms with Crippen LogP contribution >= 0.6 is 0 Å². The van der Waals surface area contributed by atoms with Crippen LogP contribution in [0, 0.1) is 0 Å². The van der Waals surface area contributed by atoms with Crippen LogP contribution in [-0.2, 0) is 20.5 Å². The Morgan fingerprint density at radius 1 is 1.43 bits per heavy atom. The molecule has 1 unspecified atom stereocenters. The highest BCUT2D eigenvalue weighted by atomic mass is 32.2. The quantitative estimate of drug-likeness (QED) is 0.592. The van der Waals surface area contributed by atoms with Crippen molar-refractivity contribution < 1.29 is 28.2 Å². The minimum atomic E-state index is -3.70. The lowest BCUT2D eigenvalue weighted by Gasteiger charge is -2.20. The van der Waals surface area contributed by atoms with Gasteiger partial charge in [0.05, 0.1) is 30.6 Å². The maximum atomic E-state index is 11.9. The first-order valence-electron chi connectivity index (χ1n) is 6.17. The summed E-state index contributed by atoms with van der Waals surface area (Å²) >= 11 is 0. The molecule has 0 saturated carbocycles. The normalized spacial score (nSPS) is 14.5. The fourth-order valence-electron chi connectivity index (χ4n) is 1.50. The predicted octanol–water partition coefficient (Wildman–Crippen LogP) is -0.364. The Morgan fingerprint density at radius 2 is 2.10 bits per heavy atom. The summed E-state index contributed by atoms with van der Waals surface area (Å²) in [6.45, 7) is 0.448. The average Bonchev–Trinajstić information content (AvgIpc) is 2.44. The number of carbonyl (C=O) groups excluding carboxylic acids is 1. The van der Waals surface area contributed by atoms with Gasteiger partial charge in [0.25, 0.3) is 0 Å². The number of rotatable bonds is 7. The summed E-state index contributed by atoms with van der Waals surface area (Å²) in [4.78, 5) is 11.4. The number of hydrogen-bond acceptors (Lipinski definition) is 6. The maximum absolute atomic E-state index is 11.9. The Labute approximate surface area is 123 Å². The summed E-state index contributed by atoms with van der Waals surface area (Å²) in [5.41, 5.74) is -0.859. The number of aliphatic hydroxyl groups excluding tert-OH is 1. The van der Waals surface area contributed by atoms with E-state index in [0.29, 0.717) is 5.56 Å². The van der Waals surface area contributed by atoms with E-state index in [0.717, 1.165) is 0 Å². The van der Waals surface area contributed by atoms with Gasteiger partial charge in [-0.25, -0.2) is 17.9 Å². The maximum Gasteiger partial charge on any atom is 0.337 e. The van der Waals surface area contributed by atoms with E-state index in [2.05, 4.69) is 9.46 Å². The molecule has 1 atom stereocenters. The predicted molar refractivity (Wildman–Crippen MR) is 76.1 cm³/mol. The van der Waals surface area contributed by atoms with Crippen LogP contribution in [0.2, 0.25) is 0 Å². The largest absolute Gasteiger partial charge is 0.465 e. The molecule has 0 heterocycles. The molecule has 118 valence electrons. The van der Waals surface area contributed by atoms with E-state index in [1.165, 1.54) is 26.2 Å². The Balaban J connectivity index is 2.78. The van der Waals surface area contributed by atoms with Crippen LogP contribution in [0.5, 0.6) is 0 Å². The van der Waals surface area contributed by atoms with E-state index in [1.54, 1.807) is 12.1 Å². The van der Waals surface area contributed by atoms with Gasteiger partial charge in [-0.1, -0.05) is 12.1 Å².